The van der Waals surface area contributed by atoms with E-state index in [2.05, 4.69) is 5.10 Å². The third-order valence-corrected chi connectivity index (χ3v) is 3.79. The van der Waals surface area contributed by atoms with Crippen molar-refractivity contribution < 1.29 is 22.7 Å². The number of ether oxygens (including phenoxy) is 1. The largest absolute Gasteiger partial charge is 0.455 e. The summed E-state index contributed by atoms with van der Waals surface area (Å²) in [6, 6.07) is 0. The highest BCUT2D eigenvalue weighted by molar-refractivity contribution is 6.02. The molecule has 1 aliphatic heterocycles. The monoisotopic (exact) mass is 304 g/mol. The van der Waals surface area contributed by atoms with Crippen molar-refractivity contribution in [3.8, 4) is 0 Å². The van der Waals surface area contributed by atoms with Crippen molar-refractivity contribution in [2.24, 2.45) is 0 Å². The van der Waals surface area contributed by atoms with E-state index in [4.69, 9.17) is 4.74 Å². The van der Waals surface area contributed by atoms with Gasteiger partial charge in [0.2, 0.25) is 0 Å². The van der Waals surface area contributed by atoms with E-state index in [1.807, 2.05) is 0 Å². The lowest BCUT2D eigenvalue weighted by Crippen LogP contribution is -2.24. The van der Waals surface area contributed by atoms with Crippen LogP contribution in [0.25, 0.3) is 0 Å². The van der Waals surface area contributed by atoms with Crippen LogP contribution in [0.15, 0.2) is 0 Å². The van der Waals surface area contributed by atoms with E-state index in [0.29, 0.717) is 6.54 Å². The first-order chi connectivity index (χ1) is 9.80. The first-order valence-electron chi connectivity index (χ1n) is 7.08. The van der Waals surface area contributed by atoms with Gasteiger partial charge in [-0.25, -0.2) is 0 Å². The molecule has 0 aromatic carbocycles. The molecule has 2 rings (SSSR count). The molecular formula is C14H19F3N2O2. The summed E-state index contributed by atoms with van der Waals surface area (Å²) in [5.74, 6) is -1.82. The highest BCUT2D eigenvalue weighted by Gasteiger charge is 2.42. The van der Waals surface area contributed by atoms with Crippen molar-refractivity contribution in [3.63, 3.8) is 0 Å². The van der Waals surface area contributed by atoms with Crippen LogP contribution in [-0.2, 0) is 11.3 Å². The molecule has 0 spiro atoms. The third kappa shape index (κ3) is 3.64. The van der Waals surface area contributed by atoms with E-state index < -0.39 is 12.0 Å². The van der Waals surface area contributed by atoms with Crippen LogP contribution >= 0.6 is 0 Å². The van der Waals surface area contributed by atoms with Gasteiger partial charge in [0.1, 0.15) is 0 Å². The lowest BCUT2D eigenvalue weighted by atomic mass is 10.1. The zero-order valence-corrected chi connectivity index (χ0v) is 12.2. The molecule has 1 aromatic rings. The molecular weight excluding hydrogens is 285 g/mol. The van der Waals surface area contributed by atoms with Gasteiger partial charge in [0.05, 0.1) is 17.4 Å². The molecule has 0 bridgehead atoms. The molecule has 2 heterocycles. The van der Waals surface area contributed by atoms with Crippen LogP contribution in [0.5, 0.6) is 0 Å². The topological polar surface area (TPSA) is 44.1 Å². The lowest BCUT2D eigenvalue weighted by molar-refractivity contribution is -0.0886. The predicted octanol–water partition coefficient (Wildman–Crippen LogP) is 3.20. The van der Waals surface area contributed by atoms with Crippen molar-refractivity contribution in [2.45, 2.75) is 58.4 Å². The quantitative estimate of drug-likeness (QED) is 0.785. The van der Waals surface area contributed by atoms with Crippen LogP contribution in [0.2, 0.25) is 0 Å². The minimum absolute atomic E-state index is 0.131. The molecule has 0 aliphatic carbocycles. The average molecular weight is 304 g/mol. The zero-order chi connectivity index (χ0) is 15.6. The third-order valence-electron chi connectivity index (χ3n) is 3.79. The van der Waals surface area contributed by atoms with Gasteiger partial charge in [0.15, 0.2) is 0 Å². The molecule has 1 saturated heterocycles. The van der Waals surface area contributed by atoms with Crippen LogP contribution in [-0.4, -0.2) is 34.5 Å². The van der Waals surface area contributed by atoms with Crippen LogP contribution < -0.4 is 0 Å². The minimum Gasteiger partial charge on any atom is -0.378 e. The van der Waals surface area contributed by atoms with Gasteiger partial charge < -0.3 is 4.74 Å². The summed E-state index contributed by atoms with van der Waals surface area (Å²) in [4.78, 5) is 11.4. The SMILES string of the molecule is Cc1nn(CCCC2CCCO2)c(C)c1C(=O)C(F)(F)F. The average Bonchev–Trinajstić information content (AvgIpc) is 2.97. The fourth-order valence-electron chi connectivity index (χ4n) is 2.73. The summed E-state index contributed by atoms with van der Waals surface area (Å²) < 4.78 is 44.7. The predicted molar refractivity (Wildman–Crippen MR) is 70.3 cm³/mol. The molecule has 1 fully saturated rings. The Kier molecular flexibility index (Phi) is 4.70. The molecule has 4 nitrogen and oxygen atoms in total. The second kappa shape index (κ2) is 6.17. The smallest absolute Gasteiger partial charge is 0.378 e. The van der Waals surface area contributed by atoms with E-state index in [0.717, 1.165) is 32.3 Å². The van der Waals surface area contributed by atoms with E-state index in [1.54, 1.807) is 0 Å². The van der Waals surface area contributed by atoms with E-state index in [-0.39, 0.29) is 23.1 Å². The maximum Gasteiger partial charge on any atom is 0.455 e. The molecule has 0 radical (unpaired) electrons. The van der Waals surface area contributed by atoms with Gasteiger partial charge in [-0.05, 0) is 39.5 Å². The summed E-state index contributed by atoms with van der Waals surface area (Å²) in [5.41, 5.74) is 0.0914. The Morgan fingerprint density at radius 1 is 1.43 bits per heavy atom. The van der Waals surface area contributed by atoms with Gasteiger partial charge in [-0.3, -0.25) is 9.48 Å². The van der Waals surface area contributed by atoms with E-state index in [9.17, 15) is 18.0 Å². The van der Waals surface area contributed by atoms with Crippen molar-refractivity contribution >= 4 is 5.78 Å². The number of alkyl halides is 3. The Hall–Kier alpha value is -1.37. The number of hydrogen-bond donors (Lipinski definition) is 0. The molecule has 1 aliphatic rings. The summed E-state index contributed by atoms with van der Waals surface area (Å²) in [6.45, 7) is 4.22. The standard InChI is InChI=1S/C14H19F3N2O2/c1-9-12(13(20)14(15,16)17)10(2)19(18-9)7-3-5-11-6-4-8-21-11/h11H,3-8H2,1-2H3. The summed E-state index contributed by atoms with van der Waals surface area (Å²) in [7, 11) is 0. The molecule has 1 aromatic heterocycles. The van der Waals surface area contributed by atoms with Crippen LogP contribution in [0, 0.1) is 13.8 Å². The number of hydrogen-bond acceptors (Lipinski definition) is 3. The molecule has 1 unspecified atom stereocenters. The number of halogens is 3. The Bertz CT molecular complexity index is 517. The number of carbonyl (C=O) groups excluding carboxylic acids is 1. The second-order valence-electron chi connectivity index (χ2n) is 5.37. The Labute approximate surface area is 121 Å². The van der Waals surface area contributed by atoms with Gasteiger partial charge in [-0.15, -0.1) is 0 Å². The molecule has 0 N–H and O–H groups in total. The number of Topliss-reactive ketones (excluding diaryl/α,β-unsaturated/α-hetero) is 1. The van der Waals surface area contributed by atoms with Crippen LogP contribution in [0.1, 0.15) is 47.4 Å². The minimum atomic E-state index is -4.86. The highest BCUT2D eigenvalue weighted by Crippen LogP contribution is 2.26. The Balaban J connectivity index is 2.02. The molecule has 0 saturated carbocycles. The van der Waals surface area contributed by atoms with Crippen LogP contribution in [0.3, 0.4) is 0 Å². The molecule has 7 heteroatoms. The molecule has 1 atom stereocenters. The normalized spacial score (nSPS) is 19.2. The molecule has 0 amide bonds. The number of aromatic nitrogens is 2. The molecule has 21 heavy (non-hydrogen) atoms. The summed E-state index contributed by atoms with van der Waals surface area (Å²) in [6.07, 6.45) is -0.879. The van der Waals surface area contributed by atoms with Gasteiger partial charge >= 0.3 is 6.18 Å². The maximum atomic E-state index is 12.6. The number of rotatable bonds is 5. The van der Waals surface area contributed by atoms with Crippen LogP contribution in [0.4, 0.5) is 13.2 Å². The zero-order valence-electron chi connectivity index (χ0n) is 12.2. The fraction of sp³-hybridized carbons (Fsp3) is 0.714. The maximum absolute atomic E-state index is 12.6. The van der Waals surface area contributed by atoms with Gasteiger partial charge in [-0.1, -0.05) is 0 Å². The second-order valence-corrected chi connectivity index (χ2v) is 5.37. The first-order valence-corrected chi connectivity index (χ1v) is 7.08. The first kappa shape index (κ1) is 16.0. The van der Waals surface area contributed by atoms with E-state index >= 15 is 0 Å². The van der Waals surface area contributed by atoms with Gasteiger partial charge in [0.25, 0.3) is 5.78 Å². The lowest BCUT2D eigenvalue weighted by Gasteiger charge is -2.10. The van der Waals surface area contributed by atoms with Crippen molar-refractivity contribution in [2.75, 3.05) is 6.61 Å². The fourth-order valence-corrected chi connectivity index (χ4v) is 2.73. The number of nitrogens with zero attached hydrogens (tertiary/aromatic N) is 2. The van der Waals surface area contributed by atoms with Gasteiger partial charge in [0, 0.05) is 18.8 Å². The van der Waals surface area contributed by atoms with Gasteiger partial charge in [-0.2, -0.15) is 18.3 Å². The Morgan fingerprint density at radius 3 is 2.71 bits per heavy atom. The number of ketones is 1. The Morgan fingerprint density at radius 2 is 2.14 bits per heavy atom. The molecule has 118 valence electrons. The number of carbonyl (C=O) groups is 1. The van der Waals surface area contributed by atoms with Crippen molar-refractivity contribution in [3.05, 3.63) is 17.0 Å². The van der Waals surface area contributed by atoms with E-state index in [1.165, 1.54) is 18.5 Å². The van der Waals surface area contributed by atoms with Crippen molar-refractivity contribution in [1.82, 2.24) is 9.78 Å². The number of aryl methyl sites for hydroxylation is 2. The van der Waals surface area contributed by atoms with Crippen molar-refractivity contribution in [1.29, 1.82) is 0 Å². The highest BCUT2D eigenvalue weighted by atomic mass is 19.4. The summed E-state index contributed by atoms with van der Waals surface area (Å²) >= 11 is 0. The summed E-state index contributed by atoms with van der Waals surface area (Å²) in [5, 5.41) is 4.06.